The van der Waals surface area contributed by atoms with Gasteiger partial charge in [0, 0.05) is 28.1 Å². The summed E-state index contributed by atoms with van der Waals surface area (Å²) in [6, 6.07) is 5.28. The van der Waals surface area contributed by atoms with Crippen LogP contribution in [0.25, 0.3) is 6.08 Å². The summed E-state index contributed by atoms with van der Waals surface area (Å²) in [4.78, 5) is 13.9. The van der Waals surface area contributed by atoms with E-state index in [-0.39, 0.29) is 11.7 Å². The molecule has 1 rings (SSSR count). The third-order valence-electron chi connectivity index (χ3n) is 2.54. The van der Waals surface area contributed by atoms with E-state index in [0.29, 0.717) is 15.6 Å². The first-order valence-corrected chi connectivity index (χ1v) is 6.48. The lowest BCUT2D eigenvalue weighted by Crippen LogP contribution is -2.24. The highest BCUT2D eigenvalue weighted by Crippen LogP contribution is 2.25. The number of hydrogen-bond acceptors (Lipinski definition) is 2. The van der Waals surface area contributed by atoms with Gasteiger partial charge in [-0.15, -0.1) is 0 Å². The van der Waals surface area contributed by atoms with Crippen LogP contribution in [0.3, 0.4) is 0 Å². The van der Waals surface area contributed by atoms with Crippen LogP contribution >= 0.6 is 23.2 Å². The first-order chi connectivity index (χ1) is 8.41. The van der Waals surface area contributed by atoms with E-state index in [1.54, 1.807) is 30.4 Å². The van der Waals surface area contributed by atoms with E-state index in [0.717, 1.165) is 6.54 Å². The molecular weight excluding hydrogens is 269 g/mol. The summed E-state index contributed by atoms with van der Waals surface area (Å²) in [6.45, 7) is 2.63. The van der Waals surface area contributed by atoms with Crippen molar-refractivity contribution < 1.29 is 4.79 Å². The van der Waals surface area contributed by atoms with Gasteiger partial charge in [0.25, 0.3) is 0 Å². The van der Waals surface area contributed by atoms with E-state index >= 15 is 0 Å². The van der Waals surface area contributed by atoms with Crippen LogP contribution in [-0.2, 0) is 4.79 Å². The molecule has 1 aromatic rings. The van der Waals surface area contributed by atoms with Gasteiger partial charge in [0.15, 0.2) is 5.78 Å². The Morgan fingerprint density at radius 2 is 1.89 bits per heavy atom. The van der Waals surface area contributed by atoms with Crippen molar-refractivity contribution >= 4 is 35.1 Å². The summed E-state index contributed by atoms with van der Waals surface area (Å²) in [6.07, 6.45) is 3.22. The SMILES string of the molecule is CC(CN(C)C)C(=O)C=Cc1c(Cl)cccc1Cl. The molecule has 1 atom stereocenters. The molecule has 0 spiro atoms. The van der Waals surface area contributed by atoms with Crippen LogP contribution in [0.4, 0.5) is 0 Å². The molecule has 0 amide bonds. The molecule has 1 unspecified atom stereocenters. The highest BCUT2D eigenvalue weighted by molar-refractivity contribution is 6.37. The van der Waals surface area contributed by atoms with Crippen LogP contribution in [0.5, 0.6) is 0 Å². The minimum atomic E-state index is -0.0440. The standard InChI is InChI=1S/C14H17Cl2NO/c1-10(9-17(2)3)14(18)8-7-11-12(15)5-4-6-13(11)16/h4-8,10H,9H2,1-3H3. The zero-order valence-electron chi connectivity index (χ0n) is 10.8. The first kappa shape index (κ1) is 15.2. The molecule has 0 aliphatic carbocycles. The summed E-state index contributed by atoms with van der Waals surface area (Å²) in [5, 5.41) is 1.10. The van der Waals surface area contributed by atoms with E-state index in [1.165, 1.54) is 0 Å². The summed E-state index contributed by atoms with van der Waals surface area (Å²) >= 11 is 12.0. The zero-order valence-corrected chi connectivity index (χ0v) is 12.3. The lowest BCUT2D eigenvalue weighted by Gasteiger charge is -2.13. The van der Waals surface area contributed by atoms with Gasteiger partial charge in [-0.05, 0) is 38.4 Å². The van der Waals surface area contributed by atoms with Crippen LogP contribution in [0, 0.1) is 5.92 Å². The second-order valence-corrected chi connectivity index (χ2v) is 5.35. The molecule has 0 fully saturated rings. The molecule has 0 N–H and O–H groups in total. The number of allylic oxidation sites excluding steroid dienone is 1. The summed E-state index contributed by atoms with van der Waals surface area (Å²) in [7, 11) is 3.89. The van der Waals surface area contributed by atoms with E-state index in [9.17, 15) is 4.79 Å². The second-order valence-electron chi connectivity index (χ2n) is 4.53. The van der Waals surface area contributed by atoms with Crippen LogP contribution in [0.1, 0.15) is 12.5 Å². The maximum Gasteiger partial charge on any atom is 0.159 e. The maximum atomic E-state index is 11.9. The van der Waals surface area contributed by atoms with Crippen LogP contribution in [-0.4, -0.2) is 31.3 Å². The Labute approximate surface area is 118 Å². The Balaban J connectivity index is 2.78. The van der Waals surface area contributed by atoms with Gasteiger partial charge in [-0.1, -0.05) is 36.2 Å². The summed E-state index contributed by atoms with van der Waals surface area (Å²) < 4.78 is 0. The van der Waals surface area contributed by atoms with Crippen molar-refractivity contribution in [2.45, 2.75) is 6.92 Å². The Hall–Kier alpha value is -0.830. The Kier molecular flexibility index (Phi) is 5.86. The fraction of sp³-hybridized carbons (Fsp3) is 0.357. The summed E-state index contributed by atoms with van der Waals surface area (Å²) in [5.74, 6) is 0.0252. The lowest BCUT2D eigenvalue weighted by atomic mass is 10.0. The van der Waals surface area contributed by atoms with Crippen molar-refractivity contribution in [1.29, 1.82) is 0 Å². The maximum absolute atomic E-state index is 11.9. The van der Waals surface area contributed by atoms with Crippen molar-refractivity contribution in [1.82, 2.24) is 4.90 Å². The van der Waals surface area contributed by atoms with Gasteiger partial charge < -0.3 is 4.90 Å². The van der Waals surface area contributed by atoms with Gasteiger partial charge in [-0.25, -0.2) is 0 Å². The third-order valence-corrected chi connectivity index (χ3v) is 3.20. The van der Waals surface area contributed by atoms with Gasteiger partial charge in [-0.2, -0.15) is 0 Å². The number of benzene rings is 1. The summed E-state index contributed by atoms with van der Waals surface area (Å²) in [5.41, 5.74) is 0.686. The second kappa shape index (κ2) is 6.93. The molecule has 0 aromatic heterocycles. The molecule has 98 valence electrons. The third kappa shape index (κ3) is 4.45. The molecular formula is C14H17Cl2NO. The molecule has 0 bridgehead atoms. The molecule has 0 heterocycles. The minimum absolute atomic E-state index is 0.0440. The minimum Gasteiger partial charge on any atom is -0.309 e. The number of carbonyl (C=O) groups is 1. The van der Waals surface area contributed by atoms with Crippen molar-refractivity contribution in [3.8, 4) is 0 Å². The van der Waals surface area contributed by atoms with Gasteiger partial charge in [0.05, 0.1) is 0 Å². The van der Waals surface area contributed by atoms with Crippen molar-refractivity contribution in [3.05, 3.63) is 39.9 Å². The Morgan fingerprint density at radius 1 is 1.33 bits per heavy atom. The average molecular weight is 286 g/mol. The molecule has 4 heteroatoms. The van der Waals surface area contributed by atoms with Crippen LogP contribution in [0.2, 0.25) is 10.0 Å². The molecule has 0 aliphatic heterocycles. The number of carbonyl (C=O) groups excluding carboxylic acids is 1. The topological polar surface area (TPSA) is 20.3 Å². The van der Waals surface area contributed by atoms with Gasteiger partial charge in [0.2, 0.25) is 0 Å². The van der Waals surface area contributed by atoms with Crippen molar-refractivity contribution in [3.63, 3.8) is 0 Å². The Bertz CT molecular complexity index is 435. The average Bonchev–Trinajstić information content (AvgIpc) is 2.27. The van der Waals surface area contributed by atoms with Crippen LogP contribution < -0.4 is 0 Å². The van der Waals surface area contributed by atoms with E-state index < -0.39 is 0 Å². The van der Waals surface area contributed by atoms with Crippen LogP contribution in [0.15, 0.2) is 24.3 Å². The molecule has 18 heavy (non-hydrogen) atoms. The largest absolute Gasteiger partial charge is 0.309 e. The number of nitrogens with zero attached hydrogens (tertiary/aromatic N) is 1. The molecule has 0 radical (unpaired) electrons. The number of ketones is 1. The lowest BCUT2D eigenvalue weighted by molar-refractivity contribution is -0.118. The van der Waals surface area contributed by atoms with Gasteiger partial charge in [0.1, 0.15) is 0 Å². The first-order valence-electron chi connectivity index (χ1n) is 5.72. The number of halogens is 2. The highest BCUT2D eigenvalue weighted by Gasteiger charge is 2.11. The number of hydrogen-bond donors (Lipinski definition) is 0. The predicted octanol–water partition coefficient (Wildman–Crippen LogP) is 3.77. The van der Waals surface area contributed by atoms with Gasteiger partial charge in [-0.3, -0.25) is 4.79 Å². The quantitative estimate of drug-likeness (QED) is 0.768. The van der Waals surface area contributed by atoms with Crippen molar-refractivity contribution in [2.75, 3.05) is 20.6 Å². The molecule has 0 aliphatic rings. The molecule has 0 saturated heterocycles. The van der Waals surface area contributed by atoms with Gasteiger partial charge >= 0.3 is 0 Å². The van der Waals surface area contributed by atoms with E-state index in [4.69, 9.17) is 23.2 Å². The zero-order chi connectivity index (χ0) is 13.7. The predicted molar refractivity (Wildman–Crippen MR) is 78.2 cm³/mol. The number of rotatable bonds is 5. The fourth-order valence-electron chi connectivity index (χ4n) is 1.64. The molecule has 2 nitrogen and oxygen atoms in total. The smallest absolute Gasteiger partial charge is 0.159 e. The van der Waals surface area contributed by atoms with E-state index in [2.05, 4.69) is 0 Å². The molecule has 1 aromatic carbocycles. The molecule has 0 saturated carbocycles. The van der Waals surface area contributed by atoms with Crippen molar-refractivity contribution in [2.24, 2.45) is 5.92 Å². The van der Waals surface area contributed by atoms with E-state index in [1.807, 2.05) is 25.9 Å². The monoisotopic (exact) mass is 285 g/mol. The normalized spacial score (nSPS) is 13.2. The highest BCUT2D eigenvalue weighted by atomic mass is 35.5. The fourth-order valence-corrected chi connectivity index (χ4v) is 2.16. The Morgan fingerprint density at radius 3 is 2.39 bits per heavy atom.